The number of likely N-dealkylation sites (tertiary alicyclic amines) is 1. The molecular weight excluding hydrogens is 411 g/mol. The molecule has 0 aromatic carbocycles. The molecule has 1 aliphatic heterocycles. The number of allylic oxidation sites excluding steroid dienone is 3. The number of alkyl halides is 4. The lowest BCUT2D eigenvalue weighted by Crippen LogP contribution is -2.63. The smallest absolute Gasteiger partial charge is 0.393 e. The quantitative estimate of drug-likeness (QED) is 0.400. The molecule has 1 saturated heterocycles. The van der Waals surface area contributed by atoms with Gasteiger partial charge in [0, 0.05) is 31.4 Å². The van der Waals surface area contributed by atoms with E-state index in [1.54, 1.807) is 0 Å². The summed E-state index contributed by atoms with van der Waals surface area (Å²) in [5, 5.41) is 14.7. The second kappa shape index (κ2) is 11.0. The van der Waals surface area contributed by atoms with Gasteiger partial charge < -0.3 is 15.7 Å². The van der Waals surface area contributed by atoms with E-state index in [4.69, 9.17) is 11.6 Å². The van der Waals surface area contributed by atoms with Crippen molar-refractivity contribution in [2.45, 2.75) is 56.5 Å². The molecule has 0 bridgehead atoms. The standard InChI is InChI=1S/C19H27ClF3N3O3/c20-9-1-2-13(19(21,22)23)3-8-17(28)24-10-18(29)25-14-11-26(12-14)15-4-6-16(27)7-5-15/h1-3,14-16,27H,4-12H2,(H,24,28)(H,25,29)/b2-1-,13-3+. The zero-order chi connectivity index (χ0) is 21.4. The molecule has 164 valence electrons. The van der Waals surface area contributed by atoms with Gasteiger partial charge in [0.25, 0.3) is 0 Å². The van der Waals surface area contributed by atoms with Crippen LogP contribution >= 0.6 is 11.6 Å². The van der Waals surface area contributed by atoms with Crippen LogP contribution in [0.5, 0.6) is 0 Å². The van der Waals surface area contributed by atoms with Crippen LogP contribution in [0.1, 0.15) is 32.1 Å². The number of aliphatic hydroxyl groups is 1. The number of carbonyl (C=O) groups is 2. The topological polar surface area (TPSA) is 81.7 Å². The molecule has 1 heterocycles. The predicted molar refractivity (Wildman–Crippen MR) is 103 cm³/mol. The van der Waals surface area contributed by atoms with Crippen molar-refractivity contribution in [3.63, 3.8) is 0 Å². The second-order valence-electron chi connectivity index (χ2n) is 7.38. The fourth-order valence-electron chi connectivity index (χ4n) is 3.51. The second-order valence-corrected chi connectivity index (χ2v) is 7.68. The van der Waals surface area contributed by atoms with Crippen molar-refractivity contribution < 1.29 is 27.9 Å². The lowest BCUT2D eigenvalue weighted by atomic mass is 9.89. The normalized spacial score (nSPS) is 24.4. The molecule has 0 aromatic heterocycles. The Morgan fingerprint density at radius 3 is 2.38 bits per heavy atom. The lowest BCUT2D eigenvalue weighted by Gasteiger charge is -2.46. The van der Waals surface area contributed by atoms with Crippen LogP contribution in [-0.2, 0) is 9.59 Å². The summed E-state index contributed by atoms with van der Waals surface area (Å²) in [6.45, 7) is 1.17. The number of nitrogens with zero attached hydrogens (tertiary/aromatic N) is 1. The van der Waals surface area contributed by atoms with Gasteiger partial charge in [-0.25, -0.2) is 0 Å². The lowest BCUT2D eigenvalue weighted by molar-refractivity contribution is -0.127. The Morgan fingerprint density at radius 2 is 1.79 bits per heavy atom. The van der Waals surface area contributed by atoms with Crippen molar-refractivity contribution in [1.29, 1.82) is 0 Å². The average molecular weight is 438 g/mol. The van der Waals surface area contributed by atoms with E-state index in [1.165, 1.54) is 0 Å². The molecule has 1 saturated carbocycles. The van der Waals surface area contributed by atoms with Gasteiger partial charge in [-0.15, -0.1) is 11.6 Å². The van der Waals surface area contributed by atoms with Crippen LogP contribution in [0.15, 0.2) is 23.8 Å². The van der Waals surface area contributed by atoms with E-state index in [0.717, 1.165) is 57.0 Å². The molecule has 0 unspecified atom stereocenters. The zero-order valence-electron chi connectivity index (χ0n) is 16.1. The fourth-order valence-corrected chi connectivity index (χ4v) is 3.60. The van der Waals surface area contributed by atoms with E-state index in [9.17, 15) is 27.9 Å². The molecule has 29 heavy (non-hydrogen) atoms. The summed E-state index contributed by atoms with van der Waals surface area (Å²) in [4.78, 5) is 25.9. The zero-order valence-corrected chi connectivity index (χ0v) is 16.8. The fraction of sp³-hybridized carbons (Fsp3) is 0.684. The minimum absolute atomic E-state index is 0.00340. The van der Waals surface area contributed by atoms with Gasteiger partial charge in [-0.3, -0.25) is 14.5 Å². The summed E-state index contributed by atoms with van der Waals surface area (Å²) < 4.78 is 38.4. The van der Waals surface area contributed by atoms with Crippen LogP contribution < -0.4 is 10.6 Å². The molecule has 0 radical (unpaired) electrons. The molecule has 2 aliphatic rings. The average Bonchev–Trinajstić information content (AvgIpc) is 2.62. The molecule has 0 atom stereocenters. The predicted octanol–water partition coefficient (Wildman–Crippen LogP) is 1.88. The summed E-state index contributed by atoms with van der Waals surface area (Å²) in [5.74, 6) is -1.11. The molecular formula is C19H27ClF3N3O3. The maximum absolute atomic E-state index is 12.8. The van der Waals surface area contributed by atoms with Crippen LogP contribution in [0, 0.1) is 0 Å². The minimum Gasteiger partial charge on any atom is -0.393 e. The van der Waals surface area contributed by atoms with Crippen molar-refractivity contribution in [2.24, 2.45) is 0 Å². The summed E-state index contributed by atoms with van der Waals surface area (Å²) in [7, 11) is 0. The first-order valence-corrected chi connectivity index (χ1v) is 10.2. The Kier molecular flexibility index (Phi) is 8.98. The highest BCUT2D eigenvalue weighted by atomic mass is 35.5. The molecule has 6 nitrogen and oxygen atoms in total. The van der Waals surface area contributed by atoms with Gasteiger partial charge in [0.1, 0.15) is 0 Å². The molecule has 3 N–H and O–H groups in total. The Labute approximate surface area is 173 Å². The van der Waals surface area contributed by atoms with Gasteiger partial charge >= 0.3 is 6.18 Å². The maximum Gasteiger partial charge on any atom is 0.416 e. The van der Waals surface area contributed by atoms with Crippen molar-refractivity contribution in [3.05, 3.63) is 23.8 Å². The van der Waals surface area contributed by atoms with E-state index in [2.05, 4.69) is 15.5 Å². The van der Waals surface area contributed by atoms with Gasteiger partial charge in [-0.1, -0.05) is 18.2 Å². The Bertz CT molecular complexity index is 626. The van der Waals surface area contributed by atoms with Crippen molar-refractivity contribution in [3.8, 4) is 0 Å². The third-order valence-corrected chi connectivity index (χ3v) is 5.30. The molecule has 0 spiro atoms. The van der Waals surface area contributed by atoms with Crippen molar-refractivity contribution in [2.75, 3.05) is 25.5 Å². The van der Waals surface area contributed by atoms with Crippen LogP contribution in [0.4, 0.5) is 13.2 Å². The van der Waals surface area contributed by atoms with Gasteiger partial charge in [-0.05, 0) is 25.7 Å². The number of halogens is 4. The van der Waals surface area contributed by atoms with Gasteiger partial charge in [0.05, 0.1) is 24.3 Å². The molecule has 2 amide bonds. The van der Waals surface area contributed by atoms with Gasteiger partial charge in [-0.2, -0.15) is 13.2 Å². The van der Waals surface area contributed by atoms with E-state index in [-0.39, 0.29) is 30.5 Å². The number of hydrogen-bond donors (Lipinski definition) is 3. The Morgan fingerprint density at radius 1 is 1.14 bits per heavy atom. The third kappa shape index (κ3) is 7.98. The van der Waals surface area contributed by atoms with Crippen LogP contribution in [-0.4, -0.2) is 71.7 Å². The summed E-state index contributed by atoms with van der Waals surface area (Å²) in [5.41, 5.74) is -0.956. The van der Waals surface area contributed by atoms with Crippen LogP contribution in [0.3, 0.4) is 0 Å². The summed E-state index contributed by atoms with van der Waals surface area (Å²) >= 11 is 5.34. The molecule has 2 rings (SSSR count). The Balaban J connectivity index is 1.65. The molecule has 1 aliphatic carbocycles. The highest BCUT2D eigenvalue weighted by Crippen LogP contribution is 2.27. The number of amides is 2. The van der Waals surface area contributed by atoms with E-state index >= 15 is 0 Å². The van der Waals surface area contributed by atoms with Crippen LogP contribution in [0.25, 0.3) is 0 Å². The Hall–Kier alpha value is -1.58. The number of nitrogens with one attached hydrogen (secondary N) is 2. The number of aliphatic hydroxyl groups excluding tert-OH is 1. The first-order chi connectivity index (χ1) is 13.7. The van der Waals surface area contributed by atoms with E-state index < -0.39 is 24.1 Å². The van der Waals surface area contributed by atoms with Gasteiger partial charge in [0.2, 0.25) is 11.8 Å². The van der Waals surface area contributed by atoms with Gasteiger partial charge in [0.15, 0.2) is 0 Å². The highest BCUT2D eigenvalue weighted by molar-refractivity contribution is 6.18. The summed E-state index contributed by atoms with van der Waals surface area (Å²) in [6.07, 6.45) is 0.966. The number of hydrogen-bond acceptors (Lipinski definition) is 4. The van der Waals surface area contributed by atoms with E-state index in [1.807, 2.05) is 0 Å². The third-order valence-electron chi connectivity index (χ3n) is 5.12. The first-order valence-electron chi connectivity index (χ1n) is 9.67. The number of rotatable bonds is 8. The van der Waals surface area contributed by atoms with E-state index in [0.29, 0.717) is 6.04 Å². The SMILES string of the molecule is O=C(C/C=C(\C=C/CCl)C(F)(F)F)NCC(=O)NC1CN(C2CCC(O)CC2)C1. The molecule has 10 heteroatoms. The maximum atomic E-state index is 12.8. The molecule has 2 fully saturated rings. The molecule has 0 aromatic rings. The first kappa shape index (κ1) is 23.7. The minimum atomic E-state index is -4.58. The largest absolute Gasteiger partial charge is 0.416 e. The van der Waals surface area contributed by atoms with Crippen LogP contribution in [0.2, 0.25) is 0 Å². The highest BCUT2D eigenvalue weighted by Gasteiger charge is 2.35. The number of carbonyl (C=O) groups excluding carboxylic acids is 2. The van der Waals surface area contributed by atoms with Crippen molar-refractivity contribution in [1.82, 2.24) is 15.5 Å². The van der Waals surface area contributed by atoms with Crippen molar-refractivity contribution >= 4 is 23.4 Å². The monoisotopic (exact) mass is 437 g/mol. The summed E-state index contributed by atoms with van der Waals surface area (Å²) in [6, 6.07) is 0.442.